The molecule has 0 radical (unpaired) electrons. The number of hydrogen-bond donors (Lipinski definition) is 2. The molecule has 0 aliphatic rings. The smallest absolute Gasteiger partial charge is 0.326 e. The zero-order valence-corrected chi connectivity index (χ0v) is 15.3. The Bertz CT molecular complexity index is 773. The van der Waals surface area contributed by atoms with Gasteiger partial charge in [-0.05, 0) is 35.7 Å². The third-order valence-corrected chi connectivity index (χ3v) is 4.01. The van der Waals surface area contributed by atoms with Crippen molar-refractivity contribution in [2.45, 2.75) is 26.3 Å². The Labute approximate surface area is 152 Å². The summed E-state index contributed by atoms with van der Waals surface area (Å²) < 4.78 is 11.0. The van der Waals surface area contributed by atoms with Gasteiger partial charge in [0.2, 0.25) is 5.91 Å². The van der Waals surface area contributed by atoms with Gasteiger partial charge in [-0.15, -0.1) is 0 Å². The molecule has 0 spiro atoms. The van der Waals surface area contributed by atoms with Crippen molar-refractivity contribution in [3.8, 4) is 22.6 Å². The fourth-order valence-electron chi connectivity index (χ4n) is 2.82. The normalized spacial score (nSPS) is 11.5. The monoisotopic (exact) mass is 357 g/mol. The summed E-state index contributed by atoms with van der Waals surface area (Å²) in [5.74, 6) is -0.0261. The molecule has 2 rings (SSSR count). The van der Waals surface area contributed by atoms with Gasteiger partial charge in [0.1, 0.15) is 17.5 Å². The number of hydrogen-bond acceptors (Lipinski definition) is 4. The molecule has 6 nitrogen and oxygen atoms in total. The molecular weight excluding hydrogens is 334 g/mol. The SMILES string of the molecule is COc1cc(C)cc(OC)c1-c1ccc(CC(NC(C)=O)C(=O)O)cc1. The first kappa shape index (κ1) is 19.3. The lowest BCUT2D eigenvalue weighted by molar-refractivity contribution is -0.141. The second-order valence-electron chi connectivity index (χ2n) is 6.04. The summed E-state index contributed by atoms with van der Waals surface area (Å²) in [4.78, 5) is 22.4. The van der Waals surface area contributed by atoms with Gasteiger partial charge < -0.3 is 19.9 Å². The maximum atomic E-state index is 11.3. The van der Waals surface area contributed by atoms with E-state index in [1.165, 1.54) is 6.92 Å². The number of aliphatic carboxylic acids is 1. The summed E-state index contributed by atoms with van der Waals surface area (Å²) in [6.07, 6.45) is 0.206. The Balaban J connectivity index is 2.33. The van der Waals surface area contributed by atoms with E-state index in [1.807, 2.05) is 43.3 Å². The zero-order valence-electron chi connectivity index (χ0n) is 15.3. The molecule has 0 saturated carbocycles. The third-order valence-electron chi connectivity index (χ3n) is 4.01. The van der Waals surface area contributed by atoms with Crippen molar-refractivity contribution in [3.63, 3.8) is 0 Å². The average Bonchev–Trinajstić information content (AvgIpc) is 2.60. The lowest BCUT2D eigenvalue weighted by atomic mass is 9.98. The number of methoxy groups -OCH3 is 2. The van der Waals surface area contributed by atoms with Crippen LogP contribution < -0.4 is 14.8 Å². The molecule has 0 aliphatic carbocycles. The minimum absolute atomic E-state index is 0.206. The van der Waals surface area contributed by atoms with Crippen LogP contribution in [0.4, 0.5) is 0 Å². The molecule has 1 unspecified atom stereocenters. The van der Waals surface area contributed by atoms with Gasteiger partial charge in [0.05, 0.1) is 19.8 Å². The van der Waals surface area contributed by atoms with Crippen molar-refractivity contribution < 1.29 is 24.2 Å². The van der Waals surface area contributed by atoms with Gasteiger partial charge >= 0.3 is 5.97 Å². The Morgan fingerprint density at radius 2 is 1.62 bits per heavy atom. The van der Waals surface area contributed by atoms with Crippen molar-refractivity contribution in [2.75, 3.05) is 14.2 Å². The number of nitrogens with one attached hydrogen (secondary N) is 1. The molecule has 0 saturated heterocycles. The van der Waals surface area contributed by atoms with Crippen molar-refractivity contribution in [1.82, 2.24) is 5.32 Å². The van der Waals surface area contributed by atoms with Crippen molar-refractivity contribution in [1.29, 1.82) is 0 Å². The van der Waals surface area contributed by atoms with Gasteiger partial charge in [-0.25, -0.2) is 4.79 Å². The second-order valence-corrected chi connectivity index (χ2v) is 6.04. The van der Waals surface area contributed by atoms with E-state index in [1.54, 1.807) is 14.2 Å². The quantitative estimate of drug-likeness (QED) is 0.796. The first-order valence-electron chi connectivity index (χ1n) is 8.17. The maximum absolute atomic E-state index is 11.3. The van der Waals surface area contributed by atoms with E-state index < -0.39 is 12.0 Å². The van der Waals surface area contributed by atoms with Gasteiger partial charge in [-0.2, -0.15) is 0 Å². The van der Waals surface area contributed by atoms with Gasteiger partial charge in [0, 0.05) is 13.3 Å². The Hall–Kier alpha value is -3.02. The molecule has 0 heterocycles. The molecule has 1 atom stereocenters. The van der Waals surface area contributed by atoms with E-state index in [0.717, 1.165) is 22.3 Å². The number of carboxylic acids is 1. The molecule has 26 heavy (non-hydrogen) atoms. The standard InChI is InChI=1S/C20H23NO5/c1-12-9-17(25-3)19(18(10-12)26-4)15-7-5-14(6-8-15)11-16(20(23)24)21-13(2)22/h5-10,16H,11H2,1-4H3,(H,21,22)(H,23,24). The highest BCUT2D eigenvalue weighted by Crippen LogP contribution is 2.39. The predicted molar refractivity (Wildman–Crippen MR) is 98.7 cm³/mol. The van der Waals surface area contributed by atoms with Gasteiger partial charge in [-0.3, -0.25) is 4.79 Å². The number of ether oxygens (including phenoxy) is 2. The summed E-state index contributed by atoms with van der Waals surface area (Å²) >= 11 is 0. The highest BCUT2D eigenvalue weighted by atomic mass is 16.5. The minimum Gasteiger partial charge on any atom is -0.496 e. The van der Waals surface area contributed by atoms with Crippen LogP contribution in [0, 0.1) is 6.92 Å². The molecule has 0 fully saturated rings. The van der Waals surface area contributed by atoms with E-state index in [0.29, 0.717) is 11.5 Å². The van der Waals surface area contributed by atoms with Crippen LogP contribution >= 0.6 is 0 Å². The van der Waals surface area contributed by atoms with E-state index in [-0.39, 0.29) is 12.3 Å². The molecule has 0 bridgehead atoms. The van der Waals surface area contributed by atoms with E-state index >= 15 is 0 Å². The van der Waals surface area contributed by atoms with Crippen LogP contribution in [0.5, 0.6) is 11.5 Å². The number of aryl methyl sites for hydroxylation is 1. The summed E-state index contributed by atoms with van der Waals surface area (Å²) in [7, 11) is 3.22. The summed E-state index contributed by atoms with van der Waals surface area (Å²) in [5, 5.41) is 11.7. The first-order valence-corrected chi connectivity index (χ1v) is 8.17. The highest BCUT2D eigenvalue weighted by molar-refractivity contribution is 5.82. The number of amides is 1. The fourth-order valence-corrected chi connectivity index (χ4v) is 2.82. The van der Waals surface area contributed by atoms with Crippen molar-refractivity contribution in [3.05, 3.63) is 47.5 Å². The number of rotatable bonds is 7. The van der Waals surface area contributed by atoms with Crippen LogP contribution in [0.15, 0.2) is 36.4 Å². The predicted octanol–water partition coefficient (Wildman–Crippen LogP) is 2.81. The molecule has 1 amide bonds. The number of carboxylic acid groups (broad SMARTS) is 1. The number of benzene rings is 2. The first-order chi connectivity index (χ1) is 12.3. The van der Waals surface area contributed by atoms with Crippen LogP contribution in [0.25, 0.3) is 11.1 Å². The minimum atomic E-state index is -1.06. The highest BCUT2D eigenvalue weighted by Gasteiger charge is 2.19. The Morgan fingerprint density at radius 1 is 1.08 bits per heavy atom. The number of carbonyl (C=O) groups excluding carboxylic acids is 1. The van der Waals surface area contributed by atoms with Gasteiger partial charge in [0.15, 0.2) is 0 Å². The largest absolute Gasteiger partial charge is 0.496 e. The second kappa shape index (κ2) is 8.38. The molecule has 6 heteroatoms. The van der Waals surface area contributed by atoms with Gasteiger partial charge in [0.25, 0.3) is 0 Å². The van der Waals surface area contributed by atoms with Crippen LogP contribution in [-0.2, 0) is 16.0 Å². The van der Waals surface area contributed by atoms with Crippen molar-refractivity contribution in [2.24, 2.45) is 0 Å². The molecule has 0 aliphatic heterocycles. The summed E-state index contributed by atoms with van der Waals surface area (Å²) in [6, 6.07) is 10.4. The van der Waals surface area contributed by atoms with E-state index in [4.69, 9.17) is 9.47 Å². The molecule has 138 valence electrons. The zero-order chi connectivity index (χ0) is 19.3. The molecule has 2 aromatic carbocycles. The number of carbonyl (C=O) groups is 2. The fraction of sp³-hybridized carbons (Fsp3) is 0.300. The van der Waals surface area contributed by atoms with Crippen LogP contribution in [-0.4, -0.2) is 37.2 Å². The van der Waals surface area contributed by atoms with Crippen molar-refractivity contribution >= 4 is 11.9 Å². The van der Waals surface area contributed by atoms with Crippen LogP contribution in [0.3, 0.4) is 0 Å². The van der Waals surface area contributed by atoms with Crippen LogP contribution in [0.1, 0.15) is 18.1 Å². The van der Waals surface area contributed by atoms with Gasteiger partial charge in [-0.1, -0.05) is 24.3 Å². The lowest BCUT2D eigenvalue weighted by Gasteiger charge is -2.16. The lowest BCUT2D eigenvalue weighted by Crippen LogP contribution is -2.41. The maximum Gasteiger partial charge on any atom is 0.326 e. The van der Waals surface area contributed by atoms with E-state index in [2.05, 4.69) is 5.32 Å². The average molecular weight is 357 g/mol. The molecule has 2 aromatic rings. The Kier molecular flexibility index (Phi) is 6.22. The summed E-state index contributed by atoms with van der Waals surface area (Å²) in [6.45, 7) is 3.26. The Morgan fingerprint density at radius 3 is 2.04 bits per heavy atom. The molecular formula is C20H23NO5. The summed E-state index contributed by atoms with van der Waals surface area (Å²) in [5.41, 5.74) is 3.57. The van der Waals surface area contributed by atoms with E-state index in [9.17, 15) is 14.7 Å². The molecule has 2 N–H and O–H groups in total. The topological polar surface area (TPSA) is 84.9 Å². The molecule has 0 aromatic heterocycles. The third kappa shape index (κ3) is 4.53. The van der Waals surface area contributed by atoms with Crippen LogP contribution in [0.2, 0.25) is 0 Å².